The van der Waals surface area contributed by atoms with Crippen molar-refractivity contribution in [2.45, 2.75) is 63.8 Å². The quantitative estimate of drug-likeness (QED) is 0.350. The third kappa shape index (κ3) is 6.77. The maximum atomic E-state index is 14.0. The summed E-state index contributed by atoms with van der Waals surface area (Å²) in [5, 5.41) is 12.1. The number of halogens is 2. The summed E-state index contributed by atoms with van der Waals surface area (Å²) in [6.45, 7) is 5.63. The molecule has 39 heavy (non-hydrogen) atoms. The molecule has 2 heterocycles. The minimum absolute atomic E-state index is 0.00557. The number of ether oxygens (including phenoxy) is 3. The van der Waals surface area contributed by atoms with Crippen molar-refractivity contribution >= 4 is 12.1 Å². The summed E-state index contributed by atoms with van der Waals surface area (Å²) in [5.41, 5.74) is 3.40. The number of aliphatic hydroxyl groups excluding tert-OH is 1. The minimum Gasteiger partial charge on any atom is -0.488 e. The van der Waals surface area contributed by atoms with Crippen LogP contribution in [-0.4, -0.2) is 65.0 Å². The molecule has 3 aliphatic rings. The Hall–Kier alpha value is -3.44. The van der Waals surface area contributed by atoms with Gasteiger partial charge in [-0.05, 0) is 43.2 Å². The molecule has 9 nitrogen and oxygen atoms in total. The van der Waals surface area contributed by atoms with Crippen molar-refractivity contribution in [3.8, 4) is 0 Å². The number of amides is 1. The molecule has 2 fully saturated rings. The molecule has 1 amide bonds. The zero-order valence-corrected chi connectivity index (χ0v) is 22.0. The smallest absolute Gasteiger partial charge is 0.411 e. The molecule has 1 aliphatic carbocycles. The van der Waals surface area contributed by atoms with Gasteiger partial charge in [0, 0.05) is 25.6 Å². The van der Waals surface area contributed by atoms with Crippen molar-refractivity contribution in [3.63, 3.8) is 0 Å². The van der Waals surface area contributed by atoms with Crippen LogP contribution < -0.4 is 5.43 Å². The van der Waals surface area contributed by atoms with Crippen LogP contribution in [0.15, 0.2) is 66.7 Å². The minimum atomic E-state index is -2.72. The number of carbonyl (C=O) groups is 2. The van der Waals surface area contributed by atoms with Crippen LogP contribution >= 0.6 is 0 Å². The van der Waals surface area contributed by atoms with Crippen molar-refractivity contribution in [2.75, 3.05) is 19.8 Å². The van der Waals surface area contributed by atoms with E-state index in [9.17, 15) is 23.5 Å². The van der Waals surface area contributed by atoms with Gasteiger partial charge in [0.15, 0.2) is 11.5 Å². The number of alkyl halides is 2. The molecule has 2 unspecified atom stereocenters. The Morgan fingerprint density at radius 1 is 1.18 bits per heavy atom. The number of benzene rings is 1. The number of rotatable bonds is 9. The van der Waals surface area contributed by atoms with E-state index in [1.807, 2.05) is 30.3 Å². The van der Waals surface area contributed by atoms with Crippen LogP contribution in [0.4, 0.5) is 13.6 Å². The molecule has 212 valence electrons. The Bertz CT molecular complexity index is 1100. The summed E-state index contributed by atoms with van der Waals surface area (Å²) >= 11 is 0. The van der Waals surface area contributed by atoms with Crippen molar-refractivity contribution < 1.29 is 37.7 Å². The van der Waals surface area contributed by atoms with E-state index >= 15 is 0 Å². The average Bonchev–Trinajstić information content (AvgIpc) is 3.28. The van der Waals surface area contributed by atoms with Crippen molar-refractivity contribution in [3.05, 3.63) is 72.3 Å². The second kappa shape index (κ2) is 12.2. The normalized spacial score (nSPS) is 23.6. The lowest BCUT2D eigenvalue weighted by molar-refractivity contribution is -0.141. The zero-order chi connectivity index (χ0) is 28.0. The van der Waals surface area contributed by atoms with Crippen LogP contribution in [0.25, 0.3) is 0 Å². The maximum Gasteiger partial charge on any atom is 0.411 e. The molecule has 2 atom stereocenters. The van der Waals surface area contributed by atoms with Gasteiger partial charge in [-0.2, -0.15) is 0 Å². The summed E-state index contributed by atoms with van der Waals surface area (Å²) in [7, 11) is 0. The number of hydrazine groups is 1. The van der Waals surface area contributed by atoms with E-state index in [0.29, 0.717) is 6.42 Å². The fraction of sp³-hybridized carbons (Fsp3) is 0.500. The van der Waals surface area contributed by atoms with Crippen molar-refractivity contribution in [1.29, 1.82) is 0 Å². The summed E-state index contributed by atoms with van der Waals surface area (Å²) in [5.74, 6) is -3.47. The lowest BCUT2D eigenvalue weighted by atomic mass is 9.72. The molecule has 2 N–H and O–H groups in total. The van der Waals surface area contributed by atoms with E-state index in [0.717, 1.165) is 5.56 Å². The highest BCUT2D eigenvalue weighted by Crippen LogP contribution is 2.50. The Morgan fingerprint density at radius 2 is 1.90 bits per heavy atom. The largest absolute Gasteiger partial charge is 0.488 e. The van der Waals surface area contributed by atoms with E-state index in [-0.39, 0.29) is 63.5 Å². The molecule has 1 aromatic rings. The van der Waals surface area contributed by atoms with Gasteiger partial charge in [0.25, 0.3) is 0 Å². The second-order valence-corrected chi connectivity index (χ2v) is 10.1. The first-order valence-corrected chi connectivity index (χ1v) is 13.1. The van der Waals surface area contributed by atoms with Crippen LogP contribution in [0.1, 0.15) is 44.6 Å². The van der Waals surface area contributed by atoms with Crippen LogP contribution in [0.2, 0.25) is 0 Å². The molecule has 1 saturated heterocycles. The summed E-state index contributed by atoms with van der Waals surface area (Å²) in [6.07, 6.45) is 2.19. The molecular formula is C28H35F2N3O6. The third-order valence-corrected chi connectivity index (χ3v) is 7.26. The predicted molar refractivity (Wildman–Crippen MR) is 138 cm³/mol. The Balaban J connectivity index is 1.60. The number of esters is 1. The first kappa shape index (κ1) is 28.6. The first-order valence-electron chi connectivity index (χ1n) is 13.1. The molecular weight excluding hydrogens is 512 g/mol. The van der Waals surface area contributed by atoms with Crippen LogP contribution in [0, 0.1) is 5.41 Å². The van der Waals surface area contributed by atoms with E-state index in [1.54, 1.807) is 6.92 Å². The lowest BCUT2D eigenvalue weighted by Crippen LogP contribution is -2.52. The molecule has 0 bridgehead atoms. The molecule has 11 heteroatoms. The number of aliphatic hydroxyl groups is 1. The number of hydrogen-bond donors (Lipinski definition) is 2. The van der Waals surface area contributed by atoms with E-state index in [4.69, 9.17) is 14.2 Å². The molecule has 1 spiro atoms. The topological polar surface area (TPSA) is 101 Å². The summed E-state index contributed by atoms with van der Waals surface area (Å²) in [4.78, 5) is 27.5. The van der Waals surface area contributed by atoms with Gasteiger partial charge < -0.3 is 19.3 Å². The zero-order valence-electron chi connectivity index (χ0n) is 22.0. The number of likely N-dealkylation sites (tertiary alicyclic amines) is 1. The van der Waals surface area contributed by atoms with Gasteiger partial charge in [-0.15, -0.1) is 0 Å². The average molecular weight is 548 g/mol. The van der Waals surface area contributed by atoms with Gasteiger partial charge in [0.2, 0.25) is 5.92 Å². The van der Waals surface area contributed by atoms with Crippen LogP contribution in [0.5, 0.6) is 0 Å². The third-order valence-electron chi connectivity index (χ3n) is 7.26. The van der Waals surface area contributed by atoms with Crippen LogP contribution in [-0.2, 0) is 25.6 Å². The van der Waals surface area contributed by atoms with Gasteiger partial charge in [-0.3, -0.25) is 9.91 Å². The van der Waals surface area contributed by atoms with Crippen LogP contribution in [0.3, 0.4) is 0 Å². The van der Waals surface area contributed by atoms with Crippen molar-refractivity contribution in [2.24, 2.45) is 5.41 Å². The van der Waals surface area contributed by atoms with E-state index < -0.39 is 35.7 Å². The first-order chi connectivity index (χ1) is 18.7. The SMILES string of the molecule is C=CCOC(=O)N1CC2(CCC(F)(F)CC2)CC1NN1C=CC(O)C(OCc2ccccc2)=C1C(=O)OCC. The Kier molecular flexibility index (Phi) is 8.91. The predicted octanol–water partition coefficient (Wildman–Crippen LogP) is 4.22. The van der Waals surface area contributed by atoms with Gasteiger partial charge in [0.1, 0.15) is 25.5 Å². The molecule has 0 radical (unpaired) electrons. The number of nitrogens with zero attached hydrogens (tertiary/aromatic N) is 2. The number of nitrogens with one attached hydrogen (secondary N) is 1. The van der Waals surface area contributed by atoms with Gasteiger partial charge in [-0.1, -0.05) is 43.0 Å². The molecule has 0 aromatic heterocycles. The lowest BCUT2D eigenvalue weighted by Gasteiger charge is -2.36. The number of carbonyl (C=O) groups excluding carboxylic acids is 2. The fourth-order valence-electron chi connectivity index (χ4n) is 5.23. The van der Waals surface area contributed by atoms with Gasteiger partial charge in [0.05, 0.1) is 6.61 Å². The van der Waals surface area contributed by atoms with E-state index in [1.165, 1.54) is 28.3 Å². The monoisotopic (exact) mass is 547 g/mol. The van der Waals surface area contributed by atoms with E-state index in [2.05, 4.69) is 12.0 Å². The highest BCUT2D eigenvalue weighted by Gasteiger charge is 2.52. The summed E-state index contributed by atoms with van der Waals surface area (Å²) < 4.78 is 44.4. The number of hydrogen-bond acceptors (Lipinski definition) is 8. The molecule has 4 rings (SSSR count). The van der Waals surface area contributed by atoms with Crippen molar-refractivity contribution in [1.82, 2.24) is 15.3 Å². The molecule has 1 aromatic carbocycles. The molecule has 1 saturated carbocycles. The Labute approximate surface area is 226 Å². The second-order valence-electron chi connectivity index (χ2n) is 10.1. The highest BCUT2D eigenvalue weighted by molar-refractivity contribution is 5.89. The van der Waals surface area contributed by atoms with Gasteiger partial charge in [-0.25, -0.2) is 23.8 Å². The molecule has 2 aliphatic heterocycles. The fourth-order valence-corrected chi connectivity index (χ4v) is 5.23. The summed E-state index contributed by atoms with van der Waals surface area (Å²) in [6, 6.07) is 9.27. The standard InChI is InChI=1S/C28H35F2N3O6/c1-3-16-38-26(36)32-19-27(11-13-28(29,30)14-12-27)17-22(32)31-33-15-10-21(34)24(23(33)25(35)37-4-2)39-18-20-8-6-5-7-9-20/h3,5-10,15,21-22,31,34H,1,4,11-14,16-19H2,2H3. The maximum absolute atomic E-state index is 14.0. The highest BCUT2D eigenvalue weighted by atomic mass is 19.3. The Morgan fingerprint density at radius 3 is 2.56 bits per heavy atom. The van der Waals surface area contributed by atoms with Gasteiger partial charge >= 0.3 is 12.1 Å².